The quantitative estimate of drug-likeness (QED) is 0.627. The van der Waals surface area contributed by atoms with Gasteiger partial charge in [-0.2, -0.15) is 0 Å². The Morgan fingerprint density at radius 1 is 1.12 bits per heavy atom. The maximum Gasteiger partial charge on any atom is 0.325 e. The molecule has 1 heterocycles. The topological polar surface area (TPSA) is 78.5 Å². The summed E-state index contributed by atoms with van der Waals surface area (Å²) >= 11 is 1.50. The third-order valence-corrected chi connectivity index (χ3v) is 5.10. The van der Waals surface area contributed by atoms with Gasteiger partial charge in [-0.15, -0.1) is 11.8 Å². The Bertz CT molecular complexity index is 856. The van der Waals surface area contributed by atoms with Crippen LogP contribution in [0.15, 0.2) is 59.5 Å². The van der Waals surface area contributed by atoms with Gasteiger partial charge in [0.1, 0.15) is 12.1 Å². The Balaban J connectivity index is 1.75. The highest BCUT2D eigenvalue weighted by atomic mass is 32.2. The SMILES string of the molecule is CSc1ccccc1NC(=O)CN1C(=O)N[C@@](C)(c2ccccc2)C1=O. The summed E-state index contributed by atoms with van der Waals surface area (Å²) in [6, 6.07) is 15.8. The van der Waals surface area contributed by atoms with Crippen LogP contribution >= 0.6 is 11.8 Å². The lowest BCUT2D eigenvalue weighted by Gasteiger charge is -2.22. The zero-order valence-corrected chi connectivity index (χ0v) is 15.3. The lowest BCUT2D eigenvalue weighted by atomic mass is 9.92. The summed E-state index contributed by atoms with van der Waals surface area (Å²) in [7, 11) is 0. The first-order chi connectivity index (χ1) is 12.5. The zero-order chi connectivity index (χ0) is 18.7. The molecule has 2 aromatic carbocycles. The molecule has 0 radical (unpaired) electrons. The van der Waals surface area contributed by atoms with E-state index in [0.29, 0.717) is 11.3 Å². The van der Waals surface area contributed by atoms with Gasteiger partial charge in [0, 0.05) is 4.90 Å². The number of carbonyl (C=O) groups is 3. The van der Waals surface area contributed by atoms with E-state index in [4.69, 9.17) is 0 Å². The van der Waals surface area contributed by atoms with Crippen molar-refractivity contribution in [2.24, 2.45) is 0 Å². The molecule has 7 heteroatoms. The van der Waals surface area contributed by atoms with E-state index in [1.165, 1.54) is 11.8 Å². The molecule has 1 aliphatic rings. The number of imide groups is 1. The molecule has 0 bridgehead atoms. The second kappa shape index (κ2) is 7.21. The second-order valence-corrected chi connectivity index (χ2v) is 6.91. The summed E-state index contributed by atoms with van der Waals surface area (Å²) in [5.41, 5.74) is 0.160. The van der Waals surface area contributed by atoms with Gasteiger partial charge in [-0.05, 0) is 30.9 Å². The molecule has 0 saturated carbocycles. The first kappa shape index (κ1) is 18.0. The van der Waals surface area contributed by atoms with E-state index >= 15 is 0 Å². The summed E-state index contributed by atoms with van der Waals surface area (Å²) in [6.45, 7) is 1.30. The highest BCUT2D eigenvalue weighted by Crippen LogP contribution is 2.29. The average molecular weight is 369 g/mol. The fourth-order valence-corrected chi connectivity index (χ4v) is 3.44. The van der Waals surface area contributed by atoms with Gasteiger partial charge in [0.25, 0.3) is 5.91 Å². The molecule has 2 aromatic rings. The fraction of sp³-hybridized carbons (Fsp3) is 0.211. The van der Waals surface area contributed by atoms with Crippen LogP contribution in [0.3, 0.4) is 0 Å². The van der Waals surface area contributed by atoms with Crippen LogP contribution in [0, 0.1) is 0 Å². The number of nitrogens with zero attached hydrogens (tertiary/aromatic N) is 1. The molecular weight excluding hydrogens is 350 g/mol. The first-order valence-corrected chi connectivity index (χ1v) is 9.30. The van der Waals surface area contributed by atoms with Gasteiger partial charge in [-0.1, -0.05) is 42.5 Å². The molecule has 0 spiro atoms. The third-order valence-electron chi connectivity index (χ3n) is 4.31. The van der Waals surface area contributed by atoms with Crippen molar-refractivity contribution >= 4 is 35.3 Å². The van der Waals surface area contributed by atoms with Crippen LogP contribution in [0.2, 0.25) is 0 Å². The smallest absolute Gasteiger partial charge is 0.324 e. The number of rotatable bonds is 5. The highest BCUT2D eigenvalue weighted by Gasteiger charge is 2.49. The van der Waals surface area contributed by atoms with Crippen LogP contribution in [0.5, 0.6) is 0 Å². The molecule has 0 aliphatic carbocycles. The van der Waals surface area contributed by atoms with Crippen LogP contribution in [-0.2, 0) is 15.1 Å². The third kappa shape index (κ3) is 3.30. The minimum absolute atomic E-state index is 0.337. The molecule has 1 aliphatic heterocycles. The highest BCUT2D eigenvalue weighted by molar-refractivity contribution is 7.98. The Hall–Kier alpha value is -2.80. The van der Waals surface area contributed by atoms with Crippen molar-refractivity contribution in [2.75, 3.05) is 18.1 Å². The number of anilines is 1. The minimum Gasteiger partial charge on any atom is -0.324 e. The molecule has 0 unspecified atom stereocenters. The van der Waals surface area contributed by atoms with Gasteiger partial charge >= 0.3 is 6.03 Å². The number of urea groups is 1. The summed E-state index contributed by atoms with van der Waals surface area (Å²) < 4.78 is 0. The molecule has 4 amide bonds. The molecule has 3 rings (SSSR count). The number of hydrogen-bond acceptors (Lipinski definition) is 4. The monoisotopic (exact) mass is 369 g/mol. The van der Waals surface area contributed by atoms with E-state index in [1.54, 1.807) is 37.3 Å². The lowest BCUT2D eigenvalue weighted by molar-refractivity contribution is -0.133. The van der Waals surface area contributed by atoms with Gasteiger partial charge in [0.15, 0.2) is 0 Å². The maximum absolute atomic E-state index is 12.8. The molecule has 1 fully saturated rings. The van der Waals surface area contributed by atoms with Crippen molar-refractivity contribution in [3.63, 3.8) is 0 Å². The normalized spacial score (nSPS) is 19.4. The van der Waals surface area contributed by atoms with Crippen LogP contribution in [-0.4, -0.2) is 35.5 Å². The van der Waals surface area contributed by atoms with Gasteiger partial charge in [-0.25, -0.2) is 4.79 Å². The Morgan fingerprint density at radius 3 is 2.46 bits per heavy atom. The maximum atomic E-state index is 12.8. The summed E-state index contributed by atoms with van der Waals surface area (Å²) in [5.74, 6) is -0.866. The van der Waals surface area contributed by atoms with E-state index < -0.39 is 23.4 Å². The largest absolute Gasteiger partial charge is 0.325 e. The first-order valence-electron chi connectivity index (χ1n) is 8.08. The molecule has 1 saturated heterocycles. The summed E-state index contributed by atoms with van der Waals surface area (Å²) in [4.78, 5) is 39.3. The lowest BCUT2D eigenvalue weighted by Crippen LogP contribution is -2.42. The molecule has 2 N–H and O–H groups in total. The predicted molar refractivity (Wildman–Crippen MR) is 101 cm³/mol. The number of para-hydroxylation sites is 1. The van der Waals surface area contributed by atoms with E-state index in [0.717, 1.165) is 9.80 Å². The Kier molecular flexibility index (Phi) is 4.99. The minimum atomic E-state index is -1.17. The molecule has 1 atom stereocenters. The number of carbonyl (C=O) groups excluding carboxylic acids is 3. The van der Waals surface area contributed by atoms with E-state index in [-0.39, 0.29) is 6.54 Å². The second-order valence-electron chi connectivity index (χ2n) is 6.06. The van der Waals surface area contributed by atoms with E-state index in [9.17, 15) is 14.4 Å². The van der Waals surface area contributed by atoms with Crippen molar-refractivity contribution in [2.45, 2.75) is 17.4 Å². The molecule has 6 nitrogen and oxygen atoms in total. The number of hydrogen-bond donors (Lipinski definition) is 2. The molecule has 134 valence electrons. The van der Waals surface area contributed by atoms with Crippen LogP contribution in [0.4, 0.5) is 10.5 Å². The zero-order valence-electron chi connectivity index (χ0n) is 14.5. The number of benzene rings is 2. The molecule has 0 aromatic heterocycles. The molecular formula is C19H19N3O3S. The van der Waals surface area contributed by atoms with Gasteiger partial charge in [0.05, 0.1) is 5.69 Å². The summed E-state index contributed by atoms with van der Waals surface area (Å²) in [5, 5.41) is 5.45. The number of amides is 4. The van der Waals surface area contributed by atoms with Gasteiger partial charge in [-0.3, -0.25) is 14.5 Å². The van der Waals surface area contributed by atoms with Crippen molar-refractivity contribution in [1.82, 2.24) is 10.2 Å². The standard InChI is InChI=1S/C19H19N3O3S/c1-19(13-8-4-3-5-9-13)17(24)22(18(25)21-19)12-16(23)20-14-10-6-7-11-15(14)26-2/h3-11H,12H2,1-2H3,(H,20,23)(H,21,25)/t19-/m0/s1. The van der Waals surface area contributed by atoms with Gasteiger partial charge in [0.2, 0.25) is 5.91 Å². The van der Waals surface area contributed by atoms with Crippen molar-refractivity contribution in [1.29, 1.82) is 0 Å². The van der Waals surface area contributed by atoms with Crippen molar-refractivity contribution in [3.05, 3.63) is 60.2 Å². The van der Waals surface area contributed by atoms with E-state index in [1.807, 2.05) is 30.5 Å². The van der Waals surface area contributed by atoms with Crippen LogP contribution in [0.1, 0.15) is 12.5 Å². The Morgan fingerprint density at radius 2 is 1.77 bits per heavy atom. The van der Waals surface area contributed by atoms with Crippen LogP contribution < -0.4 is 10.6 Å². The molecule has 26 heavy (non-hydrogen) atoms. The van der Waals surface area contributed by atoms with Crippen molar-refractivity contribution < 1.29 is 14.4 Å². The van der Waals surface area contributed by atoms with Gasteiger partial charge < -0.3 is 10.6 Å². The number of thioether (sulfide) groups is 1. The van der Waals surface area contributed by atoms with Crippen molar-refractivity contribution in [3.8, 4) is 0 Å². The van der Waals surface area contributed by atoms with E-state index in [2.05, 4.69) is 10.6 Å². The Labute approximate surface area is 156 Å². The van der Waals surface area contributed by atoms with Crippen LogP contribution in [0.25, 0.3) is 0 Å². The summed E-state index contributed by atoms with van der Waals surface area (Å²) in [6.07, 6.45) is 1.91. The fourth-order valence-electron chi connectivity index (χ4n) is 2.89. The average Bonchev–Trinajstić information content (AvgIpc) is 2.87. The number of nitrogens with one attached hydrogen (secondary N) is 2. The predicted octanol–water partition coefficient (Wildman–Crippen LogP) is 2.81.